The van der Waals surface area contributed by atoms with E-state index in [0.29, 0.717) is 12.0 Å². The number of rotatable bonds is 5. The topological polar surface area (TPSA) is 68.2 Å². The summed E-state index contributed by atoms with van der Waals surface area (Å²) in [5.74, 6) is 1.93. The molecule has 23 heavy (non-hydrogen) atoms. The maximum atomic E-state index is 6.36. The first-order chi connectivity index (χ1) is 11.1. The Morgan fingerprint density at radius 3 is 2.57 bits per heavy atom. The van der Waals surface area contributed by atoms with Crippen LogP contribution in [0.3, 0.4) is 0 Å². The van der Waals surface area contributed by atoms with Gasteiger partial charge < -0.3 is 15.2 Å². The molecule has 0 saturated carbocycles. The van der Waals surface area contributed by atoms with Crippen LogP contribution in [0, 0.1) is 6.92 Å². The van der Waals surface area contributed by atoms with Gasteiger partial charge in [-0.15, -0.1) is 0 Å². The molecule has 2 heterocycles. The van der Waals surface area contributed by atoms with Crippen molar-refractivity contribution < 1.29 is 4.52 Å². The highest BCUT2D eigenvalue weighted by Crippen LogP contribution is 2.29. The fourth-order valence-corrected chi connectivity index (χ4v) is 3.42. The Labute approximate surface area is 137 Å². The number of benzene rings is 1. The predicted molar refractivity (Wildman–Crippen MR) is 90.0 cm³/mol. The van der Waals surface area contributed by atoms with E-state index < -0.39 is 0 Å². The molecule has 5 nitrogen and oxygen atoms in total. The Balaban J connectivity index is 1.51. The smallest absolute Gasteiger partial charge is 0.229 e. The van der Waals surface area contributed by atoms with Crippen LogP contribution >= 0.6 is 0 Å². The molecule has 0 spiro atoms. The minimum atomic E-state index is 0.0995. The van der Waals surface area contributed by atoms with Gasteiger partial charge in [-0.3, -0.25) is 0 Å². The minimum Gasteiger partial charge on any atom is -0.339 e. The SMILES string of the molecule is Cc1noc(C2CCN(C(C)C[C@H](N)c3ccccc3)CC2)n1. The maximum Gasteiger partial charge on any atom is 0.229 e. The van der Waals surface area contributed by atoms with Gasteiger partial charge in [0.2, 0.25) is 5.89 Å². The number of aryl methyl sites for hydroxylation is 1. The molecular weight excluding hydrogens is 288 g/mol. The van der Waals surface area contributed by atoms with Crippen molar-refractivity contribution in [2.24, 2.45) is 5.73 Å². The molecule has 1 aromatic heterocycles. The van der Waals surface area contributed by atoms with Gasteiger partial charge in [-0.1, -0.05) is 35.5 Å². The van der Waals surface area contributed by atoms with Crippen LogP contribution in [0.1, 0.15) is 55.4 Å². The van der Waals surface area contributed by atoms with Crippen molar-refractivity contribution >= 4 is 0 Å². The average molecular weight is 314 g/mol. The van der Waals surface area contributed by atoms with Crippen LogP contribution in [0.15, 0.2) is 34.9 Å². The lowest BCUT2D eigenvalue weighted by Crippen LogP contribution is -2.40. The zero-order chi connectivity index (χ0) is 16.2. The zero-order valence-corrected chi connectivity index (χ0v) is 14.0. The standard InChI is InChI=1S/C18H26N4O/c1-13(12-17(19)15-6-4-3-5-7-15)22-10-8-16(9-11-22)18-20-14(2)21-23-18/h3-7,13,16-17H,8-12,19H2,1-2H3/t13?,17-/m0/s1. The first-order valence-corrected chi connectivity index (χ1v) is 8.48. The van der Waals surface area contributed by atoms with Crippen molar-refractivity contribution in [1.82, 2.24) is 15.0 Å². The lowest BCUT2D eigenvalue weighted by atomic mass is 9.93. The molecule has 1 aliphatic heterocycles. The molecule has 2 atom stereocenters. The van der Waals surface area contributed by atoms with Gasteiger partial charge in [-0.2, -0.15) is 4.98 Å². The third-order valence-corrected chi connectivity index (χ3v) is 4.87. The highest BCUT2D eigenvalue weighted by atomic mass is 16.5. The summed E-state index contributed by atoms with van der Waals surface area (Å²) in [5, 5.41) is 3.90. The number of hydrogen-bond donors (Lipinski definition) is 1. The average Bonchev–Trinajstić information content (AvgIpc) is 3.02. The largest absolute Gasteiger partial charge is 0.339 e. The fraction of sp³-hybridized carbons (Fsp3) is 0.556. The Hall–Kier alpha value is -1.72. The van der Waals surface area contributed by atoms with Gasteiger partial charge >= 0.3 is 0 Å². The van der Waals surface area contributed by atoms with Crippen molar-refractivity contribution in [2.45, 2.75) is 51.1 Å². The molecule has 1 aliphatic rings. The number of aromatic nitrogens is 2. The van der Waals surface area contributed by atoms with E-state index in [2.05, 4.69) is 46.2 Å². The molecule has 5 heteroatoms. The van der Waals surface area contributed by atoms with Crippen LogP contribution in [0.2, 0.25) is 0 Å². The maximum absolute atomic E-state index is 6.36. The van der Waals surface area contributed by atoms with Crippen molar-refractivity contribution in [1.29, 1.82) is 0 Å². The Bertz CT molecular complexity index is 604. The molecule has 1 saturated heterocycles. The number of nitrogens with zero attached hydrogens (tertiary/aromatic N) is 3. The molecule has 2 N–H and O–H groups in total. The molecular formula is C18H26N4O. The van der Waals surface area contributed by atoms with Crippen LogP contribution in [0.4, 0.5) is 0 Å². The second kappa shape index (κ2) is 7.23. The summed E-state index contributed by atoms with van der Waals surface area (Å²) in [6.45, 7) is 6.28. The van der Waals surface area contributed by atoms with E-state index in [1.807, 2.05) is 13.0 Å². The van der Waals surface area contributed by atoms with E-state index in [4.69, 9.17) is 10.3 Å². The first kappa shape index (κ1) is 16.1. The molecule has 0 bridgehead atoms. The van der Waals surface area contributed by atoms with E-state index in [-0.39, 0.29) is 6.04 Å². The van der Waals surface area contributed by atoms with E-state index >= 15 is 0 Å². The lowest BCUT2D eigenvalue weighted by molar-refractivity contribution is 0.140. The van der Waals surface area contributed by atoms with E-state index in [1.54, 1.807) is 0 Å². The Morgan fingerprint density at radius 1 is 1.26 bits per heavy atom. The third-order valence-electron chi connectivity index (χ3n) is 4.87. The summed E-state index contributed by atoms with van der Waals surface area (Å²) >= 11 is 0. The summed E-state index contributed by atoms with van der Waals surface area (Å²) in [7, 11) is 0. The van der Waals surface area contributed by atoms with Crippen LogP contribution in [-0.2, 0) is 0 Å². The van der Waals surface area contributed by atoms with E-state index in [1.165, 1.54) is 5.56 Å². The summed E-state index contributed by atoms with van der Waals surface area (Å²) in [4.78, 5) is 6.91. The second-order valence-electron chi connectivity index (χ2n) is 6.59. The van der Waals surface area contributed by atoms with Gasteiger partial charge in [0, 0.05) is 18.0 Å². The molecule has 1 aromatic carbocycles. The molecule has 124 valence electrons. The normalized spacial score (nSPS) is 19.6. The number of likely N-dealkylation sites (tertiary alicyclic amines) is 1. The molecule has 2 aromatic rings. The van der Waals surface area contributed by atoms with Gasteiger partial charge in [0.25, 0.3) is 0 Å². The van der Waals surface area contributed by atoms with Crippen LogP contribution < -0.4 is 5.73 Å². The molecule has 0 aliphatic carbocycles. The van der Waals surface area contributed by atoms with Crippen LogP contribution in [-0.4, -0.2) is 34.2 Å². The quantitative estimate of drug-likeness (QED) is 0.918. The van der Waals surface area contributed by atoms with Gasteiger partial charge in [-0.05, 0) is 51.8 Å². The predicted octanol–water partition coefficient (Wildman–Crippen LogP) is 3.04. The molecule has 1 unspecified atom stereocenters. The molecule has 0 radical (unpaired) electrons. The zero-order valence-electron chi connectivity index (χ0n) is 14.0. The van der Waals surface area contributed by atoms with Crippen LogP contribution in [0.5, 0.6) is 0 Å². The summed E-state index contributed by atoms with van der Waals surface area (Å²) < 4.78 is 5.32. The molecule has 3 rings (SSSR count). The van der Waals surface area contributed by atoms with Crippen molar-refractivity contribution in [3.05, 3.63) is 47.6 Å². The summed E-state index contributed by atoms with van der Waals surface area (Å²) in [6, 6.07) is 10.9. The third kappa shape index (κ3) is 3.98. The molecule has 1 fully saturated rings. The van der Waals surface area contributed by atoms with Gasteiger partial charge in [-0.25, -0.2) is 0 Å². The second-order valence-corrected chi connectivity index (χ2v) is 6.59. The van der Waals surface area contributed by atoms with E-state index in [9.17, 15) is 0 Å². The number of nitrogens with two attached hydrogens (primary N) is 1. The van der Waals surface area contributed by atoms with Crippen molar-refractivity contribution in [2.75, 3.05) is 13.1 Å². The first-order valence-electron chi connectivity index (χ1n) is 8.48. The Morgan fingerprint density at radius 2 is 1.96 bits per heavy atom. The number of hydrogen-bond acceptors (Lipinski definition) is 5. The minimum absolute atomic E-state index is 0.0995. The number of piperidine rings is 1. The van der Waals surface area contributed by atoms with Crippen molar-refractivity contribution in [3.63, 3.8) is 0 Å². The van der Waals surface area contributed by atoms with Gasteiger partial charge in [0.1, 0.15) is 0 Å². The summed E-state index contributed by atoms with van der Waals surface area (Å²) in [6.07, 6.45) is 3.13. The monoisotopic (exact) mass is 314 g/mol. The van der Waals surface area contributed by atoms with Crippen LogP contribution in [0.25, 0.3) is 0 Å². The van der Waals surface area contributed by atoms with Crippen molar-refractivity contribution in [3.8, 4) is 0 Å². The van der Waals surface area contributed by atoms with Gasteiger partial charge in [0.15, 0.2) is 5.82 Å². The van der Waals surface area contributed by atoms with Gasteiger partial charge in [0.05, 0.1) is 0 Å². The van der Waals surface area contributed by atoms with E-state index in [0.717, 1.165) is 44.1 Å². The summed E-state index contributed by atoms with van der Waals surface area (Å²) in [5.41, 5.74) is 7.58. The Kier molecular flexibility index (Phi) is 5.08. The highest BCUT2D eigenvalue weighted by molar-refractivity contribution is 5.18. The fourth-order valence-electron chi connectivity index (χ4n) is 3.42. The highest BCUT2D eigenvalue weighted by Gasteiger charge is 2.27. The molecule has 0 amide bonds. The lowest BCUT2D eigenvalue weighted by Gasteiger charge is -2.36.